The first kappa shape index (κ1) is 16.1. The number of nitrogens with zero attached hydrogens (tertiary/aromatic N) is 1. The summed E-state index contributed by atoms with van der Waals surface area (Å²) < 4.78 is 0. The van der Waals surface area contributed by atoms with E-state index in [1.54, 1.807) is 0 Å². The lowest BCUT2D eigenvalue weighted by atomic mass is 9.84. The molecule has 1 amide bonds. The molecule has 1 fully saturated rings. The standard InChI is InChI=1S/C19H29NO/c1-7-20(8-2)17(21)19(6)15(16(19)18(3,4)5)14-12-10-9-11-13-14/h9-13,15-16H,7-8H2,1-6H3/t15-,16+,19+/m0/s1. The summed E-state index contributed by atoms with van der Waals surface area (Å²) in [5.41, 5.74) is 1.18. The minimum atomic E-state index is -0.258. The van der Waals surface area contributed by atoms with E-state index in [0.717, 1.165) is 13.1 Å². The zero-order chi connectivity index (χ0) is 15.8. The Kier molecular flexibility index (Phi) is 4.19. The Morgan fingerprint density at radius 2 is 1.67 bits per heavy atom. The first-order valence-electron chi connectivity index (χ1n) is 8.12. The van der Waals surface area contributed by atoms with Crippen LogP contribution < -0.4 is 0 Å². The molecule has 3 atom stereocenters. The lowest BCUT2D eigenvalue weighted by molar-refractivity contribution is -0.137. The Morgan fingerprint density at radius 1 is 1.14 bits per heavy atom. The van der Waals surface area contributed by atoms with Gasteiger partial charge in [0.05, 0.1) is 5.41 Å². The van der Waals surface area contributed by atoms with Crippen LogP contribution in [0, 0.1) is 16.7 Å². The molecule has 0 heterocycles. The van der Waals surface area contributed by atoms with Gasteiger partial charge in [0.2, 0.25) is 5.91 Å². The molecule has 0 aromatic heterocycles. The molecule has 0 unspecified atom stereocenters. The van der Waals surface area contributed by atoms with Crippen molar-refractivity contribution in [3.8, 4) is 0 Å². The van der Waals surface area contributed by atoms with E-state index in [4.69, 9.17) is 0 Å². The van der Waals surface area contributed by atoms with Gasteiger partial charge >= 0.3 is 0 Å². The second-order valence-electron chi connectivity index (χ2n) is 7.49. The van der Waals surface area contributed by atoms with Crippen molar-refractivity contribution in [3.05, 3.63) is 35.9 Å². The predicted molar refractivity (Wildman–Crippen MR) is 88.2 cm³/mol. The Labute approximate surface area is 129 Å². The molecule has 0 radical (unpaired) electrons. The normalized spacial score (nSPS) is 28.3. The zero-order valence-electron chi connectivity index (χ0n) is 14.3. The number of amides is 1. The summed E-state index contributed by atoms with van der Waals surface area (Å²) in [5.74, 6) is 1.06. The van der Waals surface area contributed by atoms with Crippen LogP contribution in [0.2, 0.25) is 0 Å². The van der Waals surface area contributed by atoms with Crippen molar-refractivity contribution in [2.45, 2.75) is 47.5 Å². The maximum Gasteiger partial charge on any atom is 0.229 e. The second kappa shape index (κ2) is 5.47. The van der Waals surface area contributed by atoms with Crippen LogP contribution in [0.5, 0.6) is 0 Å². The van der Waals surface area contributed by atoms with Gasteiger partial charge in [0, 0.05) is 19.0 Å². The molecular formula is C19H29NO. The largest absolute Gasteiger partial charge is 0.343 e. The molecule has 0 saturated heterocycles. The van der Waals surface area contributed by atoms with E-state index < -0.39 is 0 Å². The minimum absolute atomic E-state index is 0.137. The van der Waals surface area contributed by atoms with Crippen molar-refractivity contribution >= 4 is 5.91 Å². The highest BCUT2D eigenvalue weighted by Crippen LogP contribution is 2.71. The molecule has 2 heteroatoms. The molecule has 21 heavy (non-hydrogen) atoms. The van der Waals surface area contributed by atoms with E-state index in [-0.39, 0.29) is 10.8 Å². The number of hydrogen-bond donors (Lipinski definition) is 0. The van der Waals surface area contributed by atoms with Crippen molar-refractivity contribution < 1.29 is 4.79 Å². The van der Waals surface area contributed by atoms with Crippen molar-refractivity contribution in [1.29, 1.82) is 0 Å². The van der Waals surface area contributed by atoms with Crippen LogP contribution in [-0.2, 0) is 4.79 Å². The van der Waals surface area contributed by atoms with E-state index in [1.807, 2.05) is 11.0 Å². The lowest BCUT2D eigenvalue weighted by Gasteiger charge is -2.27. The molecule has 1 aromatic rings. The molecule has 1 aromatic carbocycles. The van der Waals surface area contributed by atoms with E-state index in [1.165, 1.54) is 5.56 Å². The molecule has 0 aliphatic heterocycles. The van der Waals surface area contributed by atoms with Gasteiger partial charge < -0.3 is 4.90 Å². The van der Waals surface area contributed by atoms with E-state index >= 15 is 0 Å². The van der Waals surface area contributed by atoms with Gasteiger partial charge in [-0.25, -0.2) is 0 Å². The highest BCUT2D eigenvalue weighted by molar-refractivity contribution is 5.88. The van der Waals surface area contributed by atoms with Crippen LogP contribution in [0.15, 0.2) is 30.3 Å². The number of carbonyl (C=O) groups excluding carboxylic acids is 1. The number of rotatable bonds is 4. The average Bonchev–Trinajstić information content (AvgIpc) is 3.09. The summed E-state index contributed by atoms with van der Waals surface area (Å²) in [4.78, 5) is 15.0. The van der Waals surface area contributed by atoms with Crippen LogP contribution in [0.3, 0.4) is 0 Å². The average molecular weight is 287 g/mol. The Morgan fingerprint density at radius 3 is 2.10 bits per heavy atom. The van der Waals surface area contributed by atoms with Crippen LogP contribution in [-0.4, -0.2) is 23.9 Å². The molecule has 0 N–H and O–H groups in total. The van der Waals surface area contributed by atoms with Gasteiger partial charge in [-0.2, -0.15) is 0 Å². The molecule has 1 aliphatic rings. The lowest BCUT2D eigenvalue weighted by Crippen LogP contribution is -2.38. The predicted octanol–water partition coefficient (Wildman–Crippen LogP) is 4.32. The van der Waals surface area contributed by atoms with Gasteiger partial charge in [-0.05, 0) is 37.7 Å². The summed E-state index contributed by atoms with van der Waals surface area (Å²) in [6, 6.07) is 10.5. The quantitative estimate of drug-likeness (QED) is 0.807. The van der Waals surface area contributed by atoms with Crippen molar-refractivity contribution in [2.75, 3.05) is 13.1 Å². The number of benzene rings is 1. The highest BCUT2D eigenvalue weighted by Gasteiger charge is 2.70. The van der Waals surface area contributed by atoms with Gasteiger partial charge in [0.25, 0.3) is 0 Å². The molecule has 2 nitrogen and oxygen atoms in total. The smallest absolute Gasteiger partial charge is 0.229 e. The van der Waals surface area contributed by atoms with Gasteiger partial charge in [0.15, 0.2) is 0 Å². The fourth-order valence-electron chi connectivity index (χ4n) is 4.23. The van der Waals surface area contributed by atoms with E-state index in [0.29, 0.717) is 17.7 Å². The fraction of sp³-hybridized carbons (Fsp3) is 0.632. The maximum absolute atomic E-state index is 13.1. The summed E-state index contributed by atoms with van der Waals surface area (Å²) in [6.45, 7) is 14.7. The molecular weight excluding hydrogens is 258 g/mol. The van der Waals surface area contributed by atoms with Crippen LogP contribution in [0.4, 0.5) is 0 Å². The van der Waals surface area contributed by atoms with Gasteiger partial charge in [0.1, 0.15) is 0 Å². The highest BCUT2D eigenvalue weighted by atomic mass is 16.2. The van der Waals surface area contributed by atoms with Crippen molar-refractivity contribution in [3.63, 3.8) is 0 Å². The van der Waals surface area contributed by atoms with Gasteiger partial charge in [-0.3, -0.25) is 4.79 Å². The minimum Gasteiger partial charge on any atom is -0.343 e. The maximum atomic E-state index is 13.1. The molecule has 2 rings (SSSR count). The third-order valence-corrected chi connectivity index (χ3v) is 5.12. The second-order valence-corrected chi connectivity index (χ2v) is 7.49. The summed E-state index contributed by atoms with van der Waals surface area (Å²) in [6.07, 6.45) is 0. The van der Waals surface area contributed by atoms with Gasteiger partial charge in [-0.1, -0.05) is 51.1 Å². The van der Waals surface area contributed by atoms with E-state index in [9.17, 15) is 4.79 Å². The molecule has 0 spiro atoms. The van der Waals surface area contributed by atoms with Crippen LogP contribution in [0.25, 0.3) is 0 Å². The van der Waals surface area contributed by atoms with E-state index in [2.05, 4.69) is 65.8 Å². The number of hydrogen-bond acceptors (Lipinski definition) is 1. The topological polar surface area (TPSA) is 20.3 Å². The van der Waals surface area contributed by atoms with Crippen LogP contribution >= 0.6 is 0 Å². The third kappa shape index (κ3) is 2.61. The summed E-state index contributed by atoms with van der Waals surface area (Å²) in [7, 11) is 0. The monoisotopic (exact) mass is 287 g/mol. The Bertz CT molecular complexity index is 498. The van der Waals surface area contributed by atoms with Gasteiger partial charge in [-0.15, -0.1) is 0 Å². The summed E-state index contributed by atoms with van der Waals surface area (Å²) >= 11 is 0. The van der Waals surface area contributed by atoms with Crippen LogP contribution in [0.1, 0.15) is 53.0 Å². The molecule has 0 bridgehead atoms. The Balaban J connectivity index is 2.38. The number of carbonyl (C=O) groups is 1. The molecule has 1 aliphatic carbocycles. The first-order chi connectivity index (χ1) is 9.78. The van der Waals surface area contributed by atoms with Crippen molar-refractivity contribution in [1.82, 2.24) is 4.90 Å². The molecule has 116 valence electrons. The Hall–Kier alpha value is -1.31. The SMILES string of the molecule is CCN(CC)C(=O)[C@@]1(C)[C@@H](C(C)(C)C)[C@@H]1c1ccccc1. The fourth-order valence-corrected chi connectivity index (χ4v) is 4.23. The zero-order valence-corrected chi connectivity index (χ0v) is 14.3. The van der Waals surface area contributed by atoms with Crippen molar-refractivity contribution in [2.24, 2.45) is 16.7 Å². The first-order valence-corrected chi connectivity index (χ1v) is 8.12. The molecule has 1 saturated carbocycles. The third-order valence-electron chi connectivity index (χ3n) is 5.12. The summed E-state index contributed by atoms with van der Waals surface area (Å²) in [5, 5.41) is 0.